The van der Waals surface area contributed by atoms with Crippen LogP contribution >= 0.6 is 11.3 Å². The lowest BCUT2D eigenvalue weighted by molar-refractivity contribution is -0.00527. The van der Waals surface area contributed by atoms with Gasteiger partial charge in [-0.25, -0.2) is 4.39 Å². The Morgan fingerprint density at radius 2 is 2.08 bits per heavy atom. The van der Waals surface area contributed by atoms with E-state index in [1.165, 1.54) is 23.5 Å². The highest BCUT2D eigenvalue weighted by Gasteiger charge is 2.24. The van der Waals surface area contributed by atoms with Crippen molar-refractivity contribution in [2.75, 3.05) is 18.0 Å². The van der Waals surface area contributed by atoms with Gasteiger partial charge in [-0.1, -0.05) is 17.3 Å². The third-order valence-corrected chi connectivity index (χ3v) is 4.27. The van der Waals surface area contributed by atoms with Crippen LogP contribution in [-0.4, -0.2) is 41.8 Å². The standard InChI is InChI=1S/C17H16FN3O2S/c1-11-7-21(8-12(2)23-11)16-6-15(18)13(5-14(16)9-22)3-4-17-20-19-10-24-17/h5-6,9-12H,7-8H2,1-2H3. The normalized spacial score (nSPS) is 20.4. The van der Waals surface area contributed by atoms with Crippen LogP contribution in [-0.2, 0) is 4.74 Å². The Hall–Kier alpha value is -2.30. The highest BCUT2D eigenvalue weighted by Crippen LogP contribution is 2.26. The van der Waals surface area contributed by atoms with Gasteiger partial charge in [0.25, 0.3) is 0 Å². The first-order chi connectivity index (χ1) is 11.6. The van der Waals surface area contributed by atoms with Crippen LogP contribution in [0.3, 0.4) is 0 Å². The molecule has 0 N–H and O–H groups in total. The van der Waals surface area contributed by atoms with Gasteiger partial charge in [0.2, 0.25) is 0 Å². The number of rotatable bonds is 2. The number of nitrogens with zero attached hydrogens (tertiary/aromatic N) is 3. The molecule has 1 saturated heterocycles. The van der Waals surface area contributed by atoms with Crippen molar-refractivity contribution >= 4 is 23.3 Å². The van der Waals surface area contributed by atoms with Gasteiger partial charge in [0, 0.05) is 18.7 Å². The Bertz CT molecular complexity index is 788. The summed E-state index contributed by atoms with van der Waals surface area (Å²) in [5.41, 5.74) is 2.72. The molecular weight excluding hydrogens is 329 g/mol. The summed E-state index contributed by atoms with van der Waals surface area (Å²) in [6, 6.07) is 2.86. The molecule has 1 aliphatic rings. The number of carbonyl (C=O) groups is 1. The average Bonchev–Trinajstić information content (AvgIpc) is 3.06. The van der Waals surface area contributed by atoms with Crippen molar-refractivity contribution in [3.8, 4) is 11.8 Å². The lowest BCUT2D eigenvalue weighted by Gasteiger charge is -2.37. The minimum Gasteiger partial charge on any atom is -0.372 e. The molecule has 124 valence electrons. The van der Waals surface area contributed by atoms with Gasteiger partial charge in [0.05, 0.1) is 23.5 Å². The molecule has 0 aliphatic carbocycles. The second kappa shape index (κ2) is 7.07. The number of aldehydes is 1. The van der Waals surface area contributed by atoms with Gasteiger partial charge in [-0.3, -0.25) is 4.79 Å². The molecule has 2 heterocycles. The molecule has 1 aromatic heterocycles. The van der Waals surface area contributed by atoms with E-state index in [2.05, 4.69) is 22.0 Å². The quantitative estimate of drug-likeness (QED) is 0.618. The molecule has 2 aromatic rings. The molecule has 7 heteroatoms. The number of morpholine rings is 1. The molecule has 1 aliphatic heterocycles. The van der Waals surface area contributed by atoms with Crippen molar-refractivity contribution in [2.24, 2.45) is 0 Å². The fourth-order valence-electron chi connectivity index (χ4n) is 2.77. The number of anilines is 1. The zero-order chi connectivity index (χ0) is 17.1. The highest BCUT2D eigenvalue weighted by molar-refractivity contribution is 7.09. The second-order valence-electron chi connectivity index (χ2n) is 5.66. The predicted octanol–water partition coefficient (Wildman–Crippen LogP) is 2.50. The van der Waals surface area contributed by atoms with Crippen LogP contribution in [0.2, 0.25) is 0 Å². The van der Waals surface area contributed by atoms with Crippen molar-refractivity contribution in [1.29, 1.82) is 0 Å². The van der Waals surface area contributed by atoms with Gasteiger partial charge in [0.15, 0.2) is 11.3 Å². The molecular formula is C17H16FN3O2S. The first kappa shape index (κ1) is 16.6. The van der Waals surface area contributed by atoms with Gasteiger partial charge in [-0.05, 0) is 31.9 Å². The number of ether oxygens (including phenoxy) is 1. The number of halogens is 1. The van der Waals surface area contributed by atoms with E-state index in [1.807, 2.05) is 18.7 Å². The summed E-state index contributed by atoms with van der Waals surface area (Å²) >= 11 is 1.27. The van der Waals surface area contributed by atoms with Gasteiger partial charge in [0.1, 0.15) is 11.3 Å². The van der Waals surface area contributed by atoms with E-state index >= 15 is 0 Å². The smallest absolute Gasteiger partial charge is 0.191 e. The number of carbonyl (C=O) groups excluding carboxylic acids is 1. The minimum atomic E-state index is -0.459. The maximum Gasteiger partial charge on any atom is 0.191 e. The third kappa shape index (κ3) is 3.61. The number of hydrogen-bond acceptors (Lipinski definition) is 6. The minimum absolute atomic E-state index is 0.0215. The zero-order valence-corrected chi connectivity index (χ0v) is 14.1. The first-order valence-electron chi connectivity index (χ1n) is 7.54. The first-order valence-corrected chi connectivity index (χ1v) is 8.42. The second-order valence-corrected chi connectivity index (χ2v) is 6.50. The van der Waals surface area contributed by atoms with Crippen LogP contribution in [0.25, 0.3) is 0 Å². The van der Waals surface area contributed by atoms with Crippen LogP contribution in [0, 0.1) is 17.7 Å². The molecule has 0 bridgehead atoms. The van der Waals surface area contributed by atoms with Crippen molar-refractivity contribution in [2.45, 2.75) is 26.1 Å². The lowest BCUT2D eigenvalue weighted by Crippen LogP contribution is -2.45. The van der Waals surface area contributed by atoms with Crippen LogP contribution in [0.15, 0.2) is 17.6 Å². The summed E-state index contributed by atoms with van der Waals surface area (Å²) in [5.74, 6) is 5.01. The monoisotopic (exact) mass is 345 g/mol. The summed E-state index contributed by atoms with van der Waals surface area (Å²) in [5, 5.41) is 7.97. The maximum absolute atomic E-state index is 14.4. The van der Waals surface area contributed by atoms with E-state index in [1.54, 1.807) is 5.51 Å². The van der Waals surface area contributed by atoms with Crippen molar-refractivity contribution in [1.82, 2.24) is 10.2 Å². The van der Waals surface area contributed by atoms with E-state index < -0.39 is 5.82 Å². The molecule has 0 spiro atoms. The Balaban J connectivity index is 1.94. The van der Waals surface area contributed by atoms with E-state index in [4.69, 9.17) is 4.74 Å². The molecule has 2 unspecified atom stereocenters. The van der Waals surface area contributed by atoms with E-state index in [0.717, 1.165) is 6.29 Å². The molecule has 2 atom stereocenters. The van der Waals surface area contributed by atoms with Crippen LogP contribution in [0.5, 0.6) is 0 Å². The SMILES string of the molecule is CC1CN(c2cc(F)c(C#Cc3nncs3)cc2C=O)CC(C)O1. The molecule has 0 saturated carbocycles. The Morgan fingerprint density at radius 3 is 2.71 bits per heavy atom. The topological polar surface area (TPSA) is 55.3 Å². The van der Waals surface area contributed by atoms with Crippen molar-refractivity contribution < 1.29 is 13.9 Å². The summed E-state index contributed by atoms with van der Waals surface area (Å²) < 4.78 is 20.1. The predicted molar refractivity (Wildman–Crippen MR) is 89.9 cm³/mol. The van der Waals surface area contributed by atoms with Gasteiger partial charge < -0.3 is 9.64 Å². The largest absolute Gasteiger partial charge is 0.372 e. The molecule has 3 rings (SSSR count). The zero-order valence-electron chi connectivity index (χ0n) is 13.3. The molecule has 24 heavy (non-hydrogen) atoms. The Kier molecular flexibility index (Phi) is 4.88. The number of benzene rings is 1. The summed E-state index contributed by atoms with van der Waals surface area (Å²) in [7, 11) is 0. The number of hydrogen-bond donors (Lipinski definition) is 0. The van der Waals surface area contributed by atoms with Gasteiger partial charge in [-0.15, -0.1) is 10.2 Å². The third-order valence-electron chi connectivity index (χ3n) is 3.67. The van der Waals surface area contributed by atoms with Crippen molar-refractivity contribution in [3.05, 3.63) is 39.6 Å². The summed E-state index contributed by atoms with van der Waals surface area (Å²) in [4.78, 5) is 13.5. The van der Waals surface area contributed by atoms with Gasteiger partial charge in [-0.2, -0.15) is 0 Å². The Morgan fingerprint density at radius 1 is 1.33 bits per heavy atom. The van der Waals surface area contributed by atoms with Crippen LogP contribution in [0.1, 0.15) is 34.8 Å². The molecule has 1 aromatic carbocycles. The average molecular weight is 345 g/mol. The number of aromatic nitrogens is 2. The maximum atomic E-state index is 14.4. The molecule has 0 radical (unpaired) electrons. The van der Waals surface area contributed by atoms with E-state index in [0.29, 0.717) is 29.3 Å². The Labute approximate surface area is 143 Å². The molecule has 1 fully saturated rings. The van der Waals surface area contributed by atoms with Crippen LogP contribution in [0.4, 0.5) is 10.1 Å². The fourth-order valence-corrected chi connectivity index (χ4v) is 3.16. The van der Waals surface area contributed by atoms with E-state index in [-0.39, 0.29) is 17.8 Å². The van der Waals surface area contributed by atoms with Crippen LogP contribution < -0.4 is 4.90 Å². The lowest BCUT2D eigenvalue weighted by atomic mass is 10.1. The summed E-state index contributed by atoms with van der Waals surface area (Å²) in [6.45, 7) is 5.14. The van der Waals surface area contributed by atoms with E-state index in [9.17, 15) is 9.18 Å². The molecule has 0 amide bonds. The highest BCUT2D eigenvalue weighted by atomic mass is 32.1. The fraction of sp³-hybridized carbons (Fsp3) is 0.353. The summed E-state index contributed by atoms with van der Waals surface area (Å²) in [6.07, 6.45) is 0.775. The molecule has 5 nitrogen and oxygen atoms in total. The van der Waals surface area contributed by atoms with Crippen molar-refractivity contribution in [3.63, 3.8) is 0 Å². The van der Waals surface area contributed by atoms with Gasteiger partial charge >= 0.3 is 0 Å².